The van der Waals surface area contributed by atoms with Gasteiger partial charge in [0.15, 0.2) is 0 Å². The molecule has 0 atom stereocenters. The minimum atomic E-state index is -0.291. The largest absolute Gasteiger partial charge is 0.326 e. The Kier molecular flexibility index (Phi) is 2.57. The molecule has 0 unspecified atom stereocenters. The molecule has 0 saturated heterocycles. The molecule has 0 fully saturated rings. The SMILES string of the molecule is NCc1ccc(-n2cnc3ccccc32)c(F)c1. The van der Waals surface area contributed by atoms with Crippen LogP contribution in [-0.4, -0.2) is 9.55 Å². The van der Waals surface area contributed by atoms with Gasteiger partial charge in [-0.3, -0.25) is 4.57 Å². The van der Waals surface area contributed by atoms with E-state index in [1.54, 1.807) is 17.0 Å². The van der Waals surface area contributed by atoms with Crippen molar-refractivity contribution in [3.8, 4) is 5.69 Å². The Balaban J connectivity index is 2.20. The number of nitrogens with two attached hydrogens (primary N) is 1. The highest BCUT2D eigenvalue weighted by Crippen LogP contribution is 2.20. The van der Waals surface area contributed by atoms with Crippen molar-refractivity contribution in [2.24, 2.45) is 5.73 Å². The molecule has 3 rings (SSSR count). The third kappa shape index (κ3) is 1.67. The minimum absolute atomic E-state index is 0.291. The zero-order chi connectivity index (χ0) is 12.5. The molecular weight excluding hydrogens is 229 g/mol. The highest BCUT2D eigenvalue weighted by atomic mass is 19.1. The quantitative estimate of drug-likeness (QED) is 0.749. The molecule has 1 heterocycles. The Morgan fingerprint density at radius 3 is 2.78 bits per heavy atom. The standard InChI is InChI=1S/C14H12FN3/c15-11-7-10(8-16)5-6-13(11)18-9-17-12-3-1-2-4-14(12)18/h1-7,9H,8,16H2. The van der Waals surface area contributed by atoms with Crippen molar-refractivity contribution in [1.29, 1.82) is 0 Å². The van der Waals surface area contributed by atoms with Crippen molar-refractivity contribution < 1.29 is 4.39 Å². The molecule has 4 heteroatoms. The number of hydrogen-bond donors (Lipinski definition) is 1. The van der Waals surface area contributed by atoms with Crippen molar-refractivity contribution in [2.75, 3.05) is 0 Å². The number of rotatable bonds is 2. The topological polar surface area (TPSA) is 43.8 Å². The summed E-state index contributed by atoms with van der Waals surface area (Å²) in [6.45, 7) is 0.335. The fraction of sp³-hybridized carbons (Fsp3) is 0.0714. The van der Waals surface area contributed by atoms with E-state index in [0.29, 0.717) is 12.2 Å². The van der Waals surface area contributed by atoms with E-state index in [1.165, 1.54) is 6.07 Å². The number of fused-ring (bicyclic) bond motifs is 1. The molecule has 0 saturated carbocycles. The summed E-state index contributed by atoms with van der Waals surface area (Å²) < 4.78 is 15.8. The van der Waals surface area contributed by atoms with Crippen LogP contribution < -0.4 is 5.73 Å². The molecule has 2 N–H and O–H groups in total. The Bertz CT molecular complexity index is 703. The molecule has 0 aliphatic rings. The van der Waals surface area contributed by atoms with Gasteiger partial charge in [-0.25, -0.2) is 9.37 Å². The van der Waals surface area contributed by atoms with Gasteiger partial charge < -0.3 is 5.73 Å². The van der Waals surface area contributed by atoms with E-state index in [1.807, 2.05) is 30.3 Å². The van der Waals surface area contributed by atoms with E-state index < -0.39 is 0 Å². The highest BCUT2D eigenvalue weighted by molar-refractivity contribution is 5.77. The maximum absolute atomic E-state index is 14.0. The summed E-state index contributed by atoms with van der Waals surface area (Å²) in [6.07, 6.45) is 1.63. The number of para-hydroxylation sites is 2. The second kappa shape index (κ2) is 4.23. The van der Waals surface area contributed by atoms with E-state index in [-0.39, 0.29) is 5.82 Å². The number of nitrogens with zero attached hydrogens (tertiary/aromatic N) is 2. The molecule has 18 heavy (non-hydrogen) atoms. The molecule has 3 aromatic rings. The van der Waals surface area contributed by atoms with Gasteiger partial charge in [0.25, 0.3) is 0 Å². The lowest BCUT2D eigenvalue weighted by molar-refractivity contribution is 0.617. The first-order valence-corrected chi connectivity index (χ1v) is 5.70. The van der Waals surface area contributed by atoms with Gasteiger partial charge in [-0.1, -0.05) is 18.2 Å². The molecule has 0 aliphatic heterocycles. The number of halogens is 1. The predicted octanol–water partition coefficient (Wildman–Crippen LogP) is 2.62. The fourth-order valence-corrected chi connectivity index (χ4v) is 2.02. The summed E-state index contributed by atoms with van der Waals surface area (Å²) in [5.74, 6) is -0.291. The lowest BCUT2D eigenvalue weighted by Gasteiger charge is -2.07. The van der Waals surface area contributed by atoms with Gasteiger partial charge in [0.1, 0.15) is 12.1 Å². The Morgan fingerprint density at radius 2 is 2.00 bits per heavy atom. The number of hydrogen-bond acceptors (Lipinski definition) is 2. The van der Waals surface area contributed by atoms with Crippen LogP contribution in [-0.2, 0) is 6.54 Å². The summed E-state index contributed by atoms with van der Waals surface area (Å²) in [4.78, 5) is 4.25. The molecule has 0 aliphatic carbocycles. The van der Waals surface area contributed by atoms with Gasteiger partial charge in [0, 0.05) is 6.54 Å². The zero-order valence-electron chi connectivity index (χ0n) is 9.68. The smallest absolute Gasteiger partial charge is 0.147 e. The van der Waals surface area contributed by atoms with E-state index in [4.69, 9.17) is 5.73 Å². The number of imidazole rings is 1. The summed E-state index contributed by atoms with van der Waals surface area (Å²) in [7, 11) is 0. The lowest BCUT2D eigenvalue weighted by Crippen LogP contribution is -2.00. The molecule has 1 aromatic heterocycles. The molecule has 0 bridgehead atoms. The van der Waals surface area contributed by atoms with Crippen molar-refractivity contribution >= 4 is 11.0 Å². The van der Waals surface area contributed by atoms with E-state index in [2.05, 4.69) is 4.98 Å². The maximum Gasteiger partial charge on any atom is 0.147 e. The van der Waals surface area contributed by atoms with Crippen LogP contribution in [0.3, 0.4) is 0 Å². The maximum atomic E-state index is 14.0. The predicted molar refractivity (Wildman–Crippen MR) is 68.9 cm³/mol. The van der Waals surface area contributed by atoms with Crippen LogP contribution in [0.25, 0.3) is 16.7 Å². The van der Waals surface area contributed by atoms with E-state index in [0.717, 1.165) is 16.6 Å². The Labute approximate surface area is 104 Å². The first kappa shape index (κ1) is 10.9. The van der Waals surface area contributed by atoms with Crippen molar-refractivity contribution in [3.05, 3.63) is 60.2 Å². The second-order valence-electron chi connectivity index (χ2n) is 4.09. The van der Waals surface area contributed by atoms with Crippen molar-refractivity contribution in [1.82, 2.24) is 9.55 Å². The van der Waals surface area contributed by atoms with Crippen molar-refractivity contribution in [2.45, 2.75) is 6.54 Å². The van der Waals surface area contributed by atoms with Gasteiger partial charge in [0.2, 0.25) is 0 Å². The second-order valence-corrected chi connectivity index (χ2v) is 4.09. The third-order valence-corrected chi connectivity index (χ3v) is 2.96. The van der Waals surface area contributed by atoms with Gasteiger partial charge in [0.05, 0.1) is 16.7 Å². The summed E-state index contributed by atoms with van der Waals surface area (Å²) in [5, 5.41) is 0. The van der Waals surface area contributed by atoms with Crippen LogP contribution in [0.5, 0.6) is 0 Å². The Morgan fingerprint density at radius 1 is 1.17 bits per heavy atom. The summed E-state index contributed by atoms with van der Waals surface area (Å²) >= 11 is 0. The van der Waals surface area contributed by atoms with E-state index >= 15 is 0 Å². The van der Waals surface area contributed by atoms with Crippen molar-refractivity contribution in [3.63, 3.8) is 0 Å². The van der Waals surface area contributed by atoms with E-state index in [9.17, 15) is 4.39 Å². The third-order valence-electron chi connectivity index (χ3n) is 2.96. The normalized spacial score (nSPS) is 11.0. The van der Waals surface area contributed by atoms with Crippen LogP contribution in [0.1, 0.15) is 5.56 Å². The molecule has 0 radical (unpaired) electrons. The van der Waals surface area contributed by atoms with Crippen LogP contribution in [0.15, 0.2) is 48.8 Å². The average Bonchev–Trinajstić information content (AvgIpc) is 2.82. The highest BCUT2D eigenvalue weighted by Gasteiger charge is 2.08. The zero-order valence-corrected chi connectivity index (χ0v) is 9.68. The first-order valence-electron chi connectivity index (χ1n) is 5.70. The van der Waals surface area contributed by atoms with Gasteiger partial charge in [-0.15, -0.1) is 0 Å². The lowest BCUT2D eigenvalue weighted by atomic mass is 10.2. The molecule has 2 aromatic carbocycles. The van der Waals surface area contributed by atoms with Crippen LogP contribution in [0, 0.1) is 5.82 Å². The molecular formula is C14H12FN3. The van der Waals surface area contributed by atoms with Crippen LogP contribution in [0.2, 0.25) is 0 Å². The average molecular weight is 241 g/mol. The minimum Gasteiger partial charge on any atom is -0.326 e. The van der Waals surface area contributed by atoms with Gasteiger partial charge >= 0.3 is 0 Å². The van der Waals surface area contributed by atoms with Gasteiger partial charge in [-0.2, -0.15) is 0 Å². The molecule has 0 spiro atoms. The molecule has 0 amide bonds. The first-order chi connectivity index (χ1) is 8.79. The molecule has 90 valence electrons. The number of benzene rings is 2. The fourth-order valence-electron chi connectivity index (χ4n) is 2.02. The monoisotopic (exact) mass is 241 g/mol. The van der Waals surface area contributed by atoms with Gasteiger partial charge in [-0.05, 0) is 29.8 Å². The van der Waals surface area contributed by atoms with Crippen LogP contribution in [0.4, 0.5) is 4.39 Å². The summed E-state index contributed by atoms with van der Waals surface area (Å²) in [5.41, 5.74) is 8.49. The Hall–Kier alpha value is -2.20. The molecule has 3 nitrogen and oxygen atoms in total. The number of aromatic nitrogens is 2. The van der Waals surface area contributed by atoms with Crippen LogP contribution >= 0.6 is 0 Å². The summed E-state index contributed by atoms with van der Waals surface area (Å²) in [6, 6.07) is 12.7.